The van der Waals surface area contributed by atoms with Gasteiger partial charge >= 0.3 is 0 Å². The monoisotopic (exact) mass is 404 g/mol. The normalized spacial score (nSPS) is 18.4. The summed E-state index contributed by atoms with van der Waals surface area (Å²) in [5.41, 5.74) is 0.814. The molecule has 0 saturated carbocycles. The van der Waals surface area contributed by atoms with E-state index in [1.807, 2.05) is 43.3 Å². The van der Waals surface area contributed by atoms with Gasteiger partial charge in [0.15, 0.2) is 0 Å². The Hall–Kier alpha value is -2.08. The molecule has 1 N–H and O–H groups in total. The van der Waals surface area contributed by atoms with Crippen molar-refractivity contribution in [1.82, 2.24) is 5.32 Å². The summed E-state index contributed by atoms with van der Waals surface area (Å²) in [6.45, 7) is 2.39. The standard InChI is InChI=1S/C19H21BrN2O3/c1-13(8-9-15-5-4-10-25-15)21-19(24)14-11-18(23)22(12-14)17-7-3-2-6-16(17)20/h2-7,10,13-14H,8-9,11-12H2,1H3,(H,21,24)/t13-,14-/m0/s1. The SMILES string of the molecule is C[C@@H](CCc1ccco1)NC(=O)[C@H]1CC(=O)N(c2ccccc2Br)C1. The summed E-state index contributed by atoms with van der Waals surface area (Å²) >= 11 is 3.47. The van der Waals surface area contributed by atoms with Crippen molar-refractivity contribution in [1.29, 1.82) is 0 Å². The molecule has 1 aromatic heterocycles. The third kappa shape index (κ3) is 4.31. The average molecular weight is 405 g/mol. The van der Waals surface area contributed by atoms with Crippen LogP contribution in [0.1, 0.15) is 25.5 Å². The molecule has 0 unspecified atom stereocenters. The highest BCUT2D eigenvalue weighted by atomic mass is 79.9. The van der Waals surface area contributed by atoms with E-state index in [-0.39, 0.29) is 30.2 Å². The van der Waals surface area contributed by atoms with Gasteiger partial charge in [-0.2, -0.15) is 0 Å². The molecule has 25 heavy (non-hydrogen) atoms. The van der Waals surface area contributed by atoms with Gasteiger partial charge in [0.05, 0.1) is 17.9 Å². The predicted molar refractivity (Wildman–Crippen MR) is 99.2 cm³/mol. The number of carbonyl (C=O) groups excluding carboxylic acids is 2. The minimum atomic E-state index is -0.314. The lowest BCUT2D eigenvalue weighted by Gasteiger charge is -2.19. The number of carbonyl (C=O) groups is 2. The number of benzene rings is 1. The van der Waals surface area contributed by atoms with Crippen LogP contribution in [0, 0.1) is 5.92 Å². The van der Waals surface area contributed by atoms with Crippen molar-refractivity contribution in [2.24, 2.45) is 5.92 Å². The van der Waals surface area contributed by atoms with E-state index in [1.165, 1.54) is 0 Å². The van der Waals surface area contributed by atoms with Crippen molar-refractivity contribution in [3.63, 3.8) is 0 Å². The quantitative estimate of drug-likeness (QED) is 0.800. The molecule has 1 aliphatic heterocycles. The molecule has 1 aromatic carbocycles. The van der Waals surface area contributed by atoms with Gasteiger partial charge in [0.25, 0.3) is 0 Å². The first kappa shape index (κ1) is 17.7. The van der Waals surface area contributed by atoms with Crippen LogP contribution in [-0.4, -0.2) is 24.4 Å². The van der Waals surface area contributed by atoms with E-state index in [2.05, 4.69) is 21.2 Å². The number of furan rings is 1. The Morgan fingerprint density at radius 3 is 2.88 bits per heavy atom. The fraction of sp³-hybridized carbons (Fsp3) is 0.368. The molecule has 2 atom stereocenters. The van der Waals surface area contributed by atoms with E-state index in [9.17, 15) is 9.59 Å². The second-order valence-electron chi connectivity index (χ2n) is 6.38. The molecular formula is C19H21BrN2O3. The van der Waals surface area contributed by atoms with Crippen molar-refractivity contribution in [2.75, 3.05) is 11.4 Å². The number of hydrogen-bond donors (Lipinski definition) is 1. The number of nitrogens with one attached hydrogen (secondary N) is 1. The number of anilines is 1. The van der Waals surface area contributed by atoms with Crippen LogP contribution in [0.15, 0.2) is 51.6 Å². The molecule has 0 aliphatic carbocycles. The van der Waals surface area contributed by atoms with Gasteiger partial charge < -0.3 is 14.6 Å². The van der Waals surface area contributed by atoms with Crippen molar-refractivity contribution in [3.8, 4) is 0 Å². The Morgan fingerprint density at radius 2 is 2.16 bits per heavy atom. The lowest BCUT2D eigenvalue weighted by molar-refractivity contribution is -0.126. The molecule has 1 saturated heterocycles. The zero-order valence-corrected chi connectivity index (χ0v) is 15.7. The summed E-state index contributed by atoms with van der Waals surface area (Å²) in [6, 6.07) is 11.4. The second kappa shape index (κ2) is 7.87. The topological polar surface area (TPSA) is 62.6 Å². The fourth-order valence-electron chi connectivity index (χ4n) is 3.03. The maximum absolute atomic E-state index is 12.5. The van der Waals surface area contributed by atoms with Crippen LogP contribution in [0.25, 0.3) is 0 Å². The van der Waals surface area contributed by atoms with Crippen molar-refractivity contribution < 1.29 is 14.0 Å². The highest BCUT2D eigenvalue weighted by Crippen LogP contribution is 2.31. The highest BCUT2D eigenvalue weighted by molar-refractivity contribution is 9.10. The van der Waals surface area contributed by atoms with Crippen LogP contribution in [0.3, 0.4) is 0 Å². The van der Waals surface area contributed by atoms with Gasteiger partial charge in [-0.05, 0) is 53.5 Å². The molecule has 2 heterocycles. The summed E-state index contributed by atoms with van der Waals surface area (Å²) in [5, 5.41) is 3.02. The minimum absolute atomic E-state index is 0.0183. The van der Waals surface area contributed by atoms with Gasteiger partial charge in [0.2, 0.25) is 11.8 Å². The molecular weight excluding hydrogens is 384 g/mol. The summed E-state index contributed by atoms with van der Waals surface area (Å²) in [5.74, 6) is 0.521. The Balaban J connectivity index is 1.54. The number of hydrogen-bond acceptors (Lipinski definition) is 3. The molecule has 3 rings (SSSR count). The number of halogens is 1. The number of aryl methyl sites for hydroxylation is 1. The van der Waals surface area contributed by atoms with E-state index in [1.54, 1.807) is 11.2 Å². The van der Waals surface area contributed by atoms with Gasteiger partial charge in [-0.15, -0.1) is 0 Å². The van der Waals surface area contributed by atoms with Gasteiger partial charge in [-0.3, -0.25) is 9.59 Å². The molecule has 2 aromatic rings. The Morgan fingerprint density at radius 1 is 1.36 bits per heavy atom. The van der Waals surface area contributed by atoms with Crippen LogP contribution in [0.5, 0.6) is 0 Å². The zero-order valence-electron chi connectivity index (χ0n) is 14.1. The number of para-hydroxylation sites is 1. The van der Waals surface area contributed by atoms with Gasteiger partial charge in [0.1, 0.15) is 5.76 Å². The number of nitrogens with zero attached hydrogens (tertiary/aromatic N) is 1. The average Bonchev–Trinajstić information content (AvgIpc) is 3.23. The van der Waals surface area contributed by atoms with Crippen LogP contribution in [0.4, 0.5) is 5.69 Å². The molecule has 1 aliphatic rings. The number of amides is 2. The molecule has 0 bridgehead atoms. The highest BCUT2D eigenvalue weighted by Gasteiger charge is 2.36. The maximum atomic E-state index is 12.5. The first-order valence-electron chi connectivity index (χ1n) is 8.42. The first-order chi connectivity index (χ1) is 12.0. The van der Waals surface area contributed by atoms with Gasteiger partial charge in [0, 0.05) is 29.9 Å². The minimum Gasteiger partial charge on any atom is -0.469 e. The Bertz CT molecular complexity index is 745. The van der Waals surface area contributed by atoms with Gasteiger partial charge in [-0.1, -0.05) is 12.1 Å². The van der Waals surface area contributed by atoms with E-state index in [0.29, 0.717) is 6.54 Å². The first-order valence-corrected chi connectivity index (χ1v) is 9.21. The summed E-state index contributed by atoms with van der Waals surface area (Å²) < 4.78 is 6.17. The summed E-state index contributed by atoms with van der Waals surface area (Å²) in [6.07, 6.45) is 3.48. The van der Waals surface area contributed by atoms with Crippen molar-refractivity contribution in [2.45, 2.75) is 32.2 Å². The van der Waals surface area contributed by atoms with E-state index >= 15 is 0 Å². The zero-order chi connectivity index (χ0) is 17.8. The summed E-state index contributed by atoms with van der Waals surface area (Å²) in [4.78, 5) is 26.5. The molecule has 132 valence electrons. The lowest BCUT2D eigenvalue weighted by atomic mass is 10.1. The maximum Gasteiger partial charge on any atom is 0.227 e. The van der Waals surface area contributed by atoms with E-state index in [0.717, 1.165) is 28.8 Å². The molecule has 2 amide bonds. The van der Waals surface area contributed by atoms with Crippen LogP contribution in [-0.2, 0) is 16.0 Å². The van der Waals surface area contributed by atoms with E-state index < -0.39 is 0 Å². The third-order valence-electron chi connectivity index (χ3n) is 4.43. The molecule has 0 spiro atoms. The molecule has 1 fully saturated rings. The van der Waals surface area contributed by atoms with Gasteiger partial charge in [-0.25, -0.2) is 0 Å². The lowest BCUT2D eigenvalue weighted by Crippen LogP contribution is -2.38. The third-order valence-corrected chi connectivity index (χ3v) is 5.10. The molecule has 6 heteroatoms. The Kier molecular flexibility index (Phi) is 5.58. The van der Waals surface area contributed by atoms with Crippen LogP contribution >= 0.6 is 15.9 Å². The second-order valence-corrected chi connectivity index (χ2v) is 7.24. The van der Waals surface area contributed by atoms with Crippen LogP contribution < -0.4 is 10.2 Å². The largest absolute Gasteiger partial charge is 0.469 e. The van der Waals surface area contributed by atoms with Crippen molar-refractivity contribution in [3.05, 3.63) is 52.9 Å². The smallest absolute Gasteiger partial charge is 0.227 e. The molecule has 0 radical (unpaired) electrons. The molecule has 5 nitrogen and oxygen atoms in total. The fourth-order valence-corrected chi connectivity index (χ4v) is 3.53. The van der Waals surface area contributed by atoms with Crippen LogP contribution in [0.2, 0.25) is 0 Å². The van der Waals surface area contributed by atoms with E-state index in [4.69, 9.17) is 4.42 Å². The summed E-state index contributed by atoms with van der Waals surface area (Å²) in [7, 11) is 0. The Labute approximate surface area is 155 Å². The van der Waals surface area contributed by atoms with Crippen molar-refractivity contribution >= 4 is 33.4 Å². The number of rotatable bonds is 6. The predicted octanol–water partition coefficient (Wildman–Crippen LogP) is 3.53.